The smallest absolute Gasteiger partial charge is 0.296 e. The van der Waals surface area contributed by atoms with Gasteiger partial charge >= 0.3 is 5.69 Å². The van der Waals surface area contributed by atoms with Crippen molar-refractivity contribution in [2.75, 3.05) is 0 Å². The van der Waals surface area contributed by atoms with Crippen molar-refractivity contribution in [2.45, 2.75) is 45.2 Å². The Bertz CT molecular complexity index is 703. The maximum Gasteiger partial charge on any atom is 0.328 e. The fourth-order valence-corrected chi connectivity index (χ4v) is 2.48. The third-order valence-electron chi connectivity index (χ3n) is 4.03. The van der Waals surface area contributed by atoms with Crippen molar-refractivity contribution >= 4 is 5.78 Å². The van der Waals surface area contributed by atoms with Crippen molar-refractivity contribution in [3.63, 3.8) is 0 Å². The average molecular weight is 284 g/mol. The number of ketones is 1. The van der Waals surface area contributed by atoms with Crippen LogP contribution in [-0.2, 0) is 6.54 Å². The molecule has 1 aliphatic rings. The monoisotopic (exact) mass is 284 g/mol. The minimum absolute atomic E-state index is 0.0269. The van der Waals surface area contributed by atoms with E-state index in [0.29, 0.717) is 17.5 Å². The second-order valence-corrected chi connectivity index (χ2v) is 6.05. The first kappa shape index (κ1) is 13.9. The summed E-state index contributed by atoms with van der Waals surface area (Å²) in [4.78, 5) is 24.4. The number of Topliss-reactive ketones (excluding diaryl/α,β-unsaturated/α-hetero) is 1. The summed E-state index contributed by atoms with van der Waals surface area (Å²) in [6, 6.07) is 8.01. The molecular formula is C17H20N2O2. The van der Waals surface area contributed by atoms with E-state index in [0.717, 1.165) is 12.8 Å². The molecule has 2 aromatic rings. The van der Waals surface area contributed by atoms with E-state index in [4.69, 9.17) is 0 Å². The van der Waals surface area contributed by atoms with Crippen molar-refractivity contribution in [2.24, 2.45) is 0 Å². The van der Waals surface area contributed by atoms with Gasteiger partial charge in [0, 0.05) is 24.0 Å². The van der Waals surface area contributed by atoms with E-state index in [1.165, 1.54) is 10.1 Å². The Morgan fingerprint density at radius 1 is 1.19 bits per heavy atom. The van der Waals surface area contributed by atoms with Crippen LogP contribution < -0.4 is 5.69 Å². The molecule has 1 heterocycles. The summed E-state index contributed by atoms with van der Waals surface area (Å²) < 4.78 is 3.23. The molecule has 4 nitrogen and oxygen atoms in total. The zero-order valence-electron chi connectivity index (χ0n) is 12.5. The highest BCUT2D eigenvalue weighted by Gasteiger charge is 2.25. The lowest BCUT2D eigenvalue weighted by Gasteiger charge is -2.06. The SMILES string of the molecule is CC(C)c1ccc(C(=O)Cn2ccn(C3CC3)c2=O)cc1. The van der Waals surface area contributed by atoms with Gasteiger partial charge in [0.25, 0.3) is 0 Å². The van der Waals surface area contributed by atoms with Gasteiger partial charge in [-0.1, -0.05) is 38.1 Å². The highest BCUT2D eigenvalue weighted by atomic mass is 16.2. The van der Waals surface area contributed by atoms with Crippen LogP contribution in [0.1, 0.15) is 54.6 Å². The standard InChI is InChI=1S/C17H20N2O2/c1-12(2)13-3-5-14(6-4-13)16(20)11-18-9-10-19(17(18)21)15-7-8-15/h3-6,9-10,12,15H,7-8,11H2,1-2H3. The summed E-state index contributed by atoms with van der Waals surface area (Å²) in [5.41, 5.74) is 1.79. The molecule has 0 aliphatic heterocycles. The van der Waals surface area contributed by atoms with Crippen molar-refractivity contribution < 1.29 is 4.79 Å². The molecule has 0 spiro atoms. The Labute approximate surface area is 124 Å². The molecule has 0 N–H and O–H groups in total. The molecule has 21 heavy (non-hydrogen) atoms. The van der Waals surface area contributed by atoms with Crippen LogP contribution >= 0.6 is 0 Å². The molecule has 0 bridgehead atoms. The van der Waals surface area contributed by atoms with Crippen LogP contribution in [-0.4, -0.2) is 14.9 Å². The zero-order valence-corrected chi connectivity index (χ0v) is 12.5. The number of nitrogens with zero attached hydrogens (tertiary/aromatic N) is 2. The summed E-state index contributed by atoms with van der Waals surface area (Å²) in [7, 11) is 0. The van der Waals surface area contributed by atoms with Crippen LogP contribution in [0.2, 0.25) is 0 Å². The van der Waals surface area contributed by atoms with E-state index in [2.05, 4.69) is 13.8 Å². The van der Waals surface area contributed by atoms with Crippen LogP contribution in [0.25, 0.3) is 0 Å². The zero-order chi connectivity index (χ0) is 15.0. The van der Waals surface area contributed by atoms with Gasteiger partial charge < -0.3 is 0 Å². The molecule has 4 heteroatoms. The molecule has 0 amide bonds. The third-order valence-corrected chi connectivity index (χ3v) is 4.03. The van der Waals surface area contributed by atoms with Gasteiger partial charge in [-0.2, -0.15) is 0 Å². The van der Waals surface area contributed by atoms with Crippen molar-refractivity contribution in [3.05, 3.63) is 58.3 Å². The molecule has 0 saturated heterocycles. The number of hydrogen-bond donors (Lipinski definition) is 0. The van der Waals surface area contributed by atoms with E-state index >= 15 is 0 Å². The molecule has 1 saturated carbocycles. The Balaban J connectivity index is 1.75. The fourth-order valence-electron chi connectivity index (χ4n) is 2.48. The predicted molar refractivity (Wildman–Crippen MR) is 81.8 cm³/mol. The number of hydrogen-bond acceptors (Lipinski definition) is 2. The fraction of sp³-hybridized carbons (Fsp3) is 0.412. The van der Waals surface area contributed by atoms with Crippen LogP contribution in [0.4, 0.5) is 0 Å². The molecule has 1 aromatic heterocycles. The summed E-state index contributed by atoms with van der Waals surface area (Å²) in [6.07, 6.45) is 5.62. The maximum absolute atomic E-state index is 12.3. The Morgan fingerprint density at radius 2 is 1.86 bits per heavy atom. The summed E-state index contributed by atoms with van der Waals surface area (Å²) >= 11 is 0. The summed E-state index contributed by atoms with van der Waals surface area (Å²) in [5, 5.41) is 0. The van der Waals surface area contributed by atoms with Gasteiger partial charge in [-0.05, 0) is 24.3 Å². The minimum atomic E-state index is -0.0790. The second-order valence-electron chi connectivity index (χ2n) is 6.05. The molecular weight excluding hydrogens is 264 g/mol. The molecule has 0 unspecified atom stereocenters. The molecule has 110 valence electrons. The number of carbonyl (C=O) groups is 1. The molecule has 1 fully saturated rings. The van der Waals surface area contributed by atoms with Crippen LogP contribution in [0.15, 0.2) is 41.5 Å². The number of benzene rings is 1. The average Bonchev–Trinajstić information content (AvgIpc) is 3.25. The number of aromatic nitrogens is 2. The first-order valence-electron chi connectivity index (χ1n) is 7.46. The Morgan fingerprint density at radius 3 is 2.43 bits per heavy atom. The van der Waals surface area contributed by atoms with E-state index in [9.17, 15) is 9.59 Å². The van der Waals surface area contributed by atoms with Crippen LogP contribution in [0, 0.1) is 0 Å². The van der Waals surface area contributed by atoms with Gasteiger partial charge in [0.15, 0.2) is 5.78 Å². The molecule has 0 atom stereocenters. The van der Waals surface area contributed by atoms with Crippen LogP contribution in [0.5, 0.6) is 0 Å². The minimum Gasteiger partial charge on any atom is -0.296 e. The van der Waals surface area contributed by atoms with Gasteiger partial charge in [-0.25, -0.2) is 4.79 Å². The van der Waals surface area contributed by atoms with Crippen LogP contribution in [0.3, 0.4) is 0 Å². The largest absolute Gasteiger partial charge is 0.328 e. The van der Waals surface area contributed by atoms with Crippen molar-refractivity contribution in [3.8, 4) is 0 Å². The summed E-state index contributed by atoms with van der Waals surface area (Å²) in [5.74, 6) is 0.422. The lowest BCUT2D eigenvalue weighted by atomic mass is 10.0. The van der Waals surface area contributed by atoms with E-state index in [-0.39, 0.29) is 18.0 Å². The molecule has 1 aromatic carbocycles. The highest BCUT2D eigenvalue weighted by Crippen LogP contribution is 2.33. The van der Waals surface area contributed by atoms with E-state index in [1.54, 1.807) is 17.0 Å². The lowest BCUT2D eigenvalue weighted by molar-refractivity contribution is 0.0970. The second kappa shape index (κ2) is 5.35. The number of carbonyl (C=O) groups excluding carboxylic acids is 1. The van der Waals surface area contributed by atoms with Gasteiger partial charge in [0.1, 0.15) is 0 Å². The van der Waals surface area contributed by atoms with Gasteiger partial charge in [-0.3, -0.25) is 13.9 Å². The lowest BCUT2D eigenvalue weighted by Crippen LogP contribution is -2.26. The van der Waals surface area contributed by atoms with Gasteiger partial charge in [0.2, 0.25) is 0 Å². The molecule has 3 rings (SSSR count). The van der Waals surface area contributed by atoms with E-state index < -0.39 is 0 Å². The predicted octanol–water partition coefficient (Wildman–Crippen LogP) is 2.99. The normalized spacial score (nSPS) is 14.6. The number of imidazole rings is 1. The molecule has 0 radical (unpaired) electrons. The topological polar surface area (TPSA) is 44.0 Å². The molecule has 1 aliphatic carbocycles. The summed E-state index contributed by atoms with van der Waals surface area (Å²) in [6.45, 7) is 4.35. The first-order valence-corrected chi connectivity index (χ1v) is 7.46. The third kappa shape index (κ3) is 2.84. The van der Waals surface area contributed by atoms with Crippen molar-refractivity contribution in [1.82, 2.24) is 9.13 Å². The van der Waals surface area contributed by atoms with Gasteiger partial charge in [-0.15, -0.1) is 0 Å². The Kier molecular flexibility index (Phi) is 3.53. The number of rotatable bonds is 5. The quantitative estimate of drug-likeness (QED) is 0.792. The first-order chi connectivity index (χ1) is 10.1. The highest BCUT2D eigenvalue weighted by molar-refractivity contribution is 5.95. The van der Waals surface area contributed by atoms with E-state index in [1.807, 2.05) is 24.3 Å². The Hall–Kier alpha value is -2.10. The van der Waals surface area contributed by atoms with Gasteiger partial charge in [0.05, 0.1) is 6.54 Å². The maximum atomic E-state index is 12.3. The van der Waals surface area contributed by atoms with Crippen molar-refractivity contribution in [1.29, 1.82) is 0 Å².